The molecule has 6 aliphatic carbocycles. The Morgan fingerprint density at radius 2 is 1.21 bits per heavy atom. The van der Waals surface area contributed by atoms with Crippen LogP contribution in [0.1, 0.15) is 135 Å². The van der Waals surface area contributed by atoms with Crippen molar-refractivity contribution in [3.63, 3.8) is 0 Å². The van der Waals surface area contributed by atoms with E-state index in [4.69, 9.17) is 49.0 Å². The normalized spacial score (nSPS) is 38.1. The molecule has 10 aliphatic rings. The second-order valence-corrected chi connectivity index (χ2v) is 23.8. The molecule has 0 aromatic rings. The highest BCUT2D eigenvalue weighted by atomic mass is 16.7. The van der Waals surface area contributed by atoms with Crippen molar-refractivity contribution in [2.24, 2.45) is 57.8 Å². The van der Waals surface area contributed by atoms with E-state index in [9.17, 15) is 19.2 Å². The molecule has 67 heavy (non-hydrogen) atoms. The molecular formula is C49H85B2N4O12. The van der Waals surface area contributed by atoms with Crippen molar-refractivity contribution in [2.75, 3.05) is 27.3 Å². The molecule has 6 saturated carbocycles. The van der Waals surface area contributed by atoms with Crippen LogP contribution in [0.4, 0.5) is 9.59 Å². The third-order valence-electron chi connectivity index (χ3n) is 16.8. The summed E-state index contributed by atoms with van der Waals surface area (Å²) in [6, 6.07) is -2.08. The van der Waals surface area contributed by atoms with Crippen molar-refractivity contribution < 1.29 is 56.7 Å². The van der Waals surface area contributed by atoms with Crippen LogP contribution in [0.15, 0.2) is 12.7 Å². The maximum Gasteiger partial charge on any atom is 0.488 e. The quantitative estimate of drug-likeness (QED) is 0.110. The monoisotopic (exact) mass is 944 g/mol. The molecule has 0 spiro atoms. The Morgan fingerprint density at radius 1 is 0.746 bits per heavy atom. The summed E-state index contributed by atoms with van der Waals surface area (Å²) in [5, 5.41) is 0. The second kappa shape index (κ2) is 20.1. The van der Waals surface area contributed by atoms with E-state index >= 15 is 0 Å². The van der Waals surface area contributed by atoms with E-state index in [1.54, 1.807) is 55.3 Å². The number of methoxy groups -OCH3 is 2. The van der Waals surface area contributed by atoms with Crippen molar-refractivity contribution >= 4 is 38.9 Å². The number of ether oxygens (including phenoxy) is 4. The molecule has 16 nitrogen and oxygen atoms in total. The van der Waals surface area contributed by atoms with Crippen LogP contribution in [-0.4, -0.2) is 135 Å². The maximum absolute atomic E-state index is 12.7. The Hall–Kier alpha value is -2.89. The van der Waals surface area contributed by atoms with Gasteiger partial charge in [0.15, 0.2) is 0 Å². The lowest BCUT2D eigenvalue weighted by atomic mass is 9.43. The van der Waals surface area contributed by atoms with Gasteiger partial charge < -0.3 is 49.0 Å². The van der Waals surface area contributed by atoms with Gasteiger partial charge in [0.1, 0.15) is 23.3 Å². The molecule has 4 saturated heterocycles. The van der Waals surface area contributed by atoms with Gasteiger partial charge in [-0.3, -0.25) is 9.80 Å². The number of rotatable bonds is 8. The number of hydrogen-bond acceptors (Lipinski definition) is 14. The Labute approximate surface area is 402 Å². The highest BCUT2D eigenvalue weighted by molar-refractivity contribution is 6.45. The first-order valence-corrected chi connectivity index (χ1v) is 24.3. The molecule has 4 bridgehead atoms. The molecule has 10 fully saturated rings. The van der Waals surface area contributed by atoms with E-state index in [0.29, 0.717) is 41.6 Å². The number of nitrogens with two attached hydrogens (primary N) is 2. The molecule has 0 aromatic heterocycles. The predicted molar refractivity (Wildman–Crippen MR) is 256 cm³/mol. The third kappa shape index (κ3) is 10.7. The molecule has 379 valence electrons. The number of amides is 2. The van der Waals surface area contributed by atoms with Crippen molar-refractivity contribution in [1.82, 2.24) is 9.80 Å². The van der Waals surface area contributed by atoms with Gasteiger partial charge >= 0.3 is 38.9 Å². The summed E-state index contributed by atoms with van der Waals surface area (Å²) in [5.74, 6) is 1.46. The number of likely N-dealkylation sites (tertiary alicyclic amines) is 2. The molecule has 2 amide bonds. The van der Waals surface area contributed by atoms with Gasteiger partial charge in [-0.25, -0.2) is 19.2 Å². The van der Waals surface area contributed by atoms with Gasteiger partial charge in [-0.05, 0) is 135 Å². The molecule has 1 radical (unpaired) electrons. The smallest absolute Gasteiger partial charge is 0.467 e. The second-order valence-electron chi connectivity index (χ2n) is 23.8. The molecule has 4 aliphatic heterocycles. The fourth-order valence-electron chi connectivity index (χ4n) is 12.9. The summed E-state index contributed by atoms with van der Waals surface area (Å²) in [6.07, 6.45) is 8.67. The van der Waals surface area contributed by atoms with Gasteiger partial charge in [-0.1, -0.05) is 47.6 Å². The van der Waals surface area contributed by atoms with Gasteiger partial charge in [0, 0.05) is 37.0 Å². The summed E-state index contributed by atoms with van der Waals surface area (Å²) in [5.41, 5.74) is 11.7. The molecule has 18 heteroatoms. The molecule has 4 heterocycles. The van der Waals surface area contributed by atoms with Crippen molar-refractivity contribution in [1.29, 1.82) is 0 Å². The predicted octanol–water partition coefficient (Wildman–Crippen LogP) is 6.93. The van der Waals surface area contributed by atoms with Crippen molar-refractivity contribution in [2.45, 2.75) is 201 Å². The lowest BCUT2D eigenvalue weighted by molar-refractivity contribution is -0.199. The Bertz CT molecular complexity index is 1810. The van der Waals surface area contributed by atoms with Gasteiger partial charge in [0.2, 0.25) is 0 Å². The Morgan fingerprint density at radius 3 is 1.67 bits per heavy atom. The number of hydrogen-bond donors (Lipinski definition) is 2. The van der Waals surface area contributed by atoms with Gasteiger partial charge in [-0.15, -0.1) is 6.58 Å². The Kier molecular flexibility index (Phi) is 16.5. The minimum absolute atomic E-state index is 0. The molecule has 0 unspecified atom stereocenters. The zero-order valence-electron chi connectivity index (χ0n) is 42.4. The zero-order valence-corrected chi connectivity index (χ0v) is 42.4. The standard InChI is InChI=1S/C24H41BN2O6.C14H24N2O4.C10H16BO2.CH4/c1-22(2,3)31-21(29)27-13-16(26)15(19(27)20(28)30-7)9-8-10-25-32-18-12-14-11-17(23(14,4)5)24(18,6)33-25;1-6-7-9-10(15)8-16(11(9)12(17)19-5)13(18)20-14(2,3)4;1-9(2)6-4-7(9)10(3)8(5-6)12-11-13-10;/h14-19H,8-13,26H2,1-7H3;6,9-11H,1,7-8,15H2,2-5H3;6-8H,4-5H2,1-3H3;1H4/t14-,15+,16-,17-,18+,19-,24-;9-,10+,11+;6-,7-,8+,10-;/m010./s1. The van der Waals surface area contributed by atoms with Crippen LogP contribution >= 0.6 is 0 Å². The largest absolute Gasteiger partial charge is 0.488 e. The fourth-order valence-corrected chi connectivity index (χ4v) is 12.9. The summed E-state index contributed by atoms with van der Waals surface area (Å²) >= 11 is 0. The zero-order chi connectivity index (χ0) is 49.1. The number of allylic oxidation sites excluding steroid dienone is 1. The first kappa shape index (κ1) is 55.0. The minimum Gasteiger partial charge on any atom is -0.467 e. The summed E-state index contributed by atoms with van der Waals surface area (Å²) in [6.45, 7) is 28.8. The number of carbonyl (C=O) groups excluding carboxylic acids is 4. The van der Waals surface area contributed by atoms with E-state index in [1.807, 2.05) is 0 Å². The van der Waals surface area contributed by atoms with Crippen LogP contribution in [0.25, 0.3) is 0 Å². The molecular weight excluding hydrogens is 858 g/mol. The van der Waals surface area contributed by atoms with E-state index in [-0.39, 0.29) is 68.9 Å². The average molecular weight is 944 g/mol. The first-order chi connectivity index (χ1) is 30.5. The van der Waals surface area contributed by atoms with Crippen LogP contribution in [0, 0.1) is 46.3 Å². The average Bonchev–Trinajstić information content (AvgIpc) is 3.97. The summed E-state index contributed by atoms with van der Waals surface area (Å²) < 4.78 is 44.7. The lowest BCUT2D eigenvalue weighted by Crippen LogP contribution is -2.65. The first-order valence-electron chi connectivity index (χ1n) is 24.3. The minimum atomic E-state index is -0.738. The van der Waals surface area contributed by atoms with Crippen LogP contribution in [0.5, 0.6) is 0 Å². The Balaban J connectivity index is 0.000000209. The van der Waals surface area contributed by atoms with Crippen LogP contribution in [0.3, 0.4) is 0 Å². The van der Waals surface area contributed by atoms with Gasteiger partial charge in [-0.2, -0.15) is 0 Å². The van der Waals surface area contributed by atoms with E-state index < -0.39 is 47.4 Å². The number of nitrogens with zero attached hydrogens (tertiary/aromatic N) is 2. The van der Waals surface area contributed by atoms with E-state index in [1.165, 1.54) is 43.3 Å². The van der Waals surface area contributed by atoms with Gasteiger partial charge in [0.25, 0.3) is 0 Å². The molecule has 14 atom stereocenters. The van der Waals surface area contributed by atoms with Crippen molar-refractivity contribution in [3.05, 3.63) is 12.7 Å². The number of carbonyl (C=O) groups is 4. The molecule has 10 rings (SSSR count). The van der Waals surface area contributed by atoms with Crippen LogP contribution in [0.2, 0.25) is 6.32 Å². The van der Waals surface area contributed by atoms with E-state index in [0.717, 1.165) is 31.0 Å². The lowest BCUT2D eigenvalue weighted by Gasteiger charge is -2.64. The highest BCUT2D eigenvalue weighted by Gasteiger charge is 2.68. The molecule has 4 N–H and O–H groups in total. The number of esters is 2. The maximum atomic E-state index is 12.7. The fraction of sp³-hybridized carbons (Fsp3) is 0.878. The topological polar surface area (TPSA) is 201 Å². The van der Waals surface area contributed by atoms with Crippen molar-refractivity contribution in [3.8, 4) is 0 Å². The summed E-state index contributed by atoms with van der Waals surface area (Å²) in [4.78, 5) is 52.3. The van der Waals surface area contributed by atoms with E-state index in [2.05, 4.69) is 48.1 Å². The van der Waals surface area contributed by atoms with Crippen LogP contribution in [-0.2, 0) is 47.2 Å². The summed E-state index contributed by atoms with van der Waals surface area (Å²) in [7, 11) is 3.96. The molecule has 0 aromatic carbocycles. The SMILES string of the molecule is C.C=CC[C@H]1[C@@H](C(=O)OC)N(C(=O)OC(C)(C)C)C[C@@H]1N.CC1(C)[C@@H]2C[C@H]3O[B]O[C@@]3(C)[C@H]1C2.COC(=O)[C@@H]1[C@H](CCCB2O[C@@H]3C[C@@H]4C[C@@H](C4(C)C)[C@]3(C)O2)[C@@H](N)CN1C(=O)OC(C)(C)C. The van der Waals surface area contributed by atoms with Gasteiger partial charge in [0.05, 0.1) is 37.6 Å². The highest BCUT2D eigenvalue weighted by Crippen LogP contribution is 2.66. The third-order valence-corrected chi connectivity index (χ3v) is 16.8. The van der Waals surface area contributed by atoms with Crippen LogP contribution < -0.4 is 11.5 Å².